The van der Waals surface area contributed by atoms with Crippen molar-refractivity contribution in [2.75, 3.05) is 13.2 Å². The van der Waals surface area contributed by atoms with Crippen LogP contribution in [0, 0.1) is 0 Å². The molecule has 0 aromatic heterocycles. The van der Waals surface area contributed by atoms with Gasteiger partial charge in [0.05, 0.1) is 0 Å². The molecule has 0 aliphatic rings. The van der Waals surface area contributed by atoms with Crippen LogP contribution >= 0.6 is 0 Å². The Labute approximate surface area is 151 Å². The number of rotatable bonds is 8. The van der Waals surface area contributed by atoms with E-state index in [9.17, 15) is 19.5 Å². The number of carbonyl (C=O) groups excluding carboxylic acids is 2. The zero-order valence-electron chi connectivity index (χ0n) is 14.7. The fourth-order valence-corrected chi connectivity index (χ4v) is 2.39. The Morgan fingerprint density at radius 1 is 1.08 bits per heavy atom. The van der Waals surface area contributed by atoms with E-state index in [-0.39, 0.29) is 18.9 Å². The molecule has 26 heavy (non-hydrogen) atoms. The van der Waals surface area contributed by atoms with Crippen LogP contribution in [-0.2, 0) is 15.0 Å². The second-order valence-electron chi connectivity index (χ2n) is 6.15. The number of ether oxygens (including phenoxy) is 1. The van der Waals surface area contributed by atoms with Crippen LogP contribution in [0.25, 0.3) is 0 Å². The van der Waals surface area contributed by atoms with Crippen LogP contribution in [0.15, 0.2) is 54.6 Å². The second kappa shape index (κ2) is 8.29. The molecule has 0 saturated carbocycles. The summed E-state index contributed by atoms with van der Waals surface area (Å²) in [5.74, 6) is -1.17. The molecule has 1 unspecified atom stereocenters. The Kier molecular flexibility index (Phi) is 6.11. The topological polar surface area (TPSA) is 92.7 Å². The van der Waals surface area contributed by atoms with Crippen molar-refractivity contribution in [1.29, 1.82) is 0 Å². The number of ketones is 1. The van der Waals surface area contributed by atoms with Gasteiger partial charge in [0, 0.05) is 12.1 Å². The lowest BCUT2D eigenvalue weighted by Crippen LogP contribution is -2.45. The quantitative estimate of drug-likeness (QED) is 0.710. The summed E-state index contributed by atoms with van der Waals surface area (Å²) in [5.41, 5.74) is -0.154. The van der Waals surface area contributed by atoms with Crippen molar-refractivity contribution in [3.05, 3.63) is 65.7 Å². The molecular formula is C20H21NO5. The van der Waals surface area contributed by atoms with Crippen LogP contribution in [0.2, 0.25) is 0 Å². The molecule has 2 aromatic carbocycles. The highest BCUT2D eigenvalue weighted by Gasteiger charge is 2.35. The number of Topliss-reactive ketones (excluding diaryl/α,β-unsaturated/α-hetero) is 1. The molecule has 1 amide bonds. The molecule has 136 valence electrons. The fraction of sp³-hybridized carbons (Fsp3) is 0.250. The van der Waals surface area contributed by atoms with E-state index >= 15 is 0 Å². The molecule has 0 spiro atoms. The third-order valence-corrected chi connectivity index (χ3v) is 4.13. The minimum Gasteiger partial charge on any atom is -0.484 e. The van der Waals surface area contributed by atoms with Crippen LogP contribution in [-0.4, -0.2) is 35.9 Å². The summed E-state index contributed by atoms with van der Waals surface area (Å²) in [6, 6.07) is 15.3. The number of carbonyl (C=O) groups is 3. The fourth-order valence-electron chi connectivity index (χ4n) is 2.39. The maximum absolute atomic E-state index is 12.0. The van der Waals surface area contributed by atoms with Crippen LogP contribution in [0.4, 0.5) is 0 Å². The van der Waals surface area contributed by atoms with Gasteiger partial charge < -0.3 is 15.2 Å². The lowest BCUT2D eigenvalue weighted by molar-refractivity contribution is -0.143. The highest BCUT2D eigenvalue weighted by atomic mass is 16.5. The zero-order valence-corrected chi connectivity index (χ0v) is 14.7. The van der Waals surface area contributed by atoms with E-state index in [1.807, 2.05) is 0 Å². The minimum atomic E-state index is -1.24. The SMILES string of the molecule is CC(=O)c1cccc(OCC(=O)NCC(C)(C(=O)O)c2ccccc2)c1. The number of nitrogens with one attached hydrogen (secondary N) is 1. The summed E-state index contributed by atoms with van der Waals surface area (Å²) in [4.78, 5) is 35.1. The van der Waals surface area contributed by atoms with E-state index in [0.717, 1.165) is 0 Å². The molecule has 0 bridgehead atoms. The Hall–Kier alpha value is -3.15. The number of amides is 1. The van der Waals surface area contributed by atoms with Gasteiger partial charge in [-0.25, -0.2) is 0 Å². The Morgan fingerprint density at radius 2 is 1.77 bits per heavy atom. The number of benzene rings is 2. The van der Waals surface area contributed by atoms with Crippen molar-refractivity contribution >= 4 is 17.7 Å². The normalized spacial score (nSPS) is 12.7. The van der Waals surface area contributed by atoms with Gasteiger partial charge >= 0.3 is 5.97 Å². The summed E-state index contributed by atoms with van der Waals surface area (Å²) >= 11 is 0. The molecule has 0 aliphatic carbocycles. The predicted molar refractivity (Wildman–Crippen MR) is 96.4 cm³/mol. The largest absolute Gasteiger partial charge is 0.484 e. The molecule has 6 heteroatoms. The van der Waals surface area contributed by atoms with Gasteiger partial charge in [0.2, 0.25) is 0 Å². The molecule has 0 heterocycles. The van der Waals surface area contributed by atoms with Crippen molar-refractivity contribution in [2.45, 2.75) is 19.3 Å². The molecule has 2 rings (SSSR count). The molecule has 2 N–H and O–H groups in total. The number of hydrogen-bond acceptors (Lipinski definition) is 4. The Morgan fingerprint density at radius 3 is 2.38 bits per heavy atom. The summed E-state index contributed by atoms with van der Waals surface area (Å²) in [6.45, 7) is 2.66. The van der Waals surface area contributed by atoms with Crippen LogP contribution in [0.5, 0.6) is 5.75 Å². The van der Waals surface area contributed by atoms with Crippen LogP contribution in [0.1, 0.15) is 29.8 Å². The van der Waals surface area contributed by atoms with E-state index in [2.05, 4.69) is 5.32 Å². The number of aliphatic carboxylic acids is 1. The molecule has 2 aromatic rings. The van der Waals surface area contributed by atoms with Crippen molar-refractivity contribution in [2.24, 2.45) is 0 Å². The van der Waals surface area contributed by atoms with Gasteiger partial charge in [0.25, 0.3) is 5.91 Å². The van der Waals surface area contributed by atoms with Crippen molar-refractivity contribution < 1.29 is 24.2 Å². The number of carboxylic acid groups (broad SMARTS) is 1. The Balaban J connectivity index is 1.96. The third kappa shape index (κ3) is 4.69. The Bertz CT molecular complexity index is 803. The van der Waals surface area contributed by atoms with E-state index in [0.29, 0.717) is 16.9 Å². The van der Waals surface area contributed by atoms with E-state index < -0.39 is 17.3 Å². The van der Waals surface area contributed by atoms with Gasteiger partial charge in [-0.1, -0.05) is 42.5 Å². The molecule has 6 nitrogen and oxygen atoms in total. The molecule has 0 radical (unpaired) electrons. The van der Waals surface area contributed by atoms with Crippen molar-refractivity contribution in [1.82, 2.24) is 5.32 Å². The van der Waals surface area contributed by atoms with Gasteiger partial charge in [0.1, 0.15) is 11.2 Å². The van der Waals surface area contributed by atoms with E-state index in [4.69, 9.17) is 4.74 Å². The predicted octanol–water partition coefficient (Wildman–Crippen LogP) is 2.43. The number of hydrogen-bond donors (Lipinski definition) is 2. The first-order valence-corrected chi connectivity index (χ1v) is 8.12. The summed E-state index contributed by atoms with van der Waals surface area (Å²) in [7, 11) is 0. The van der Waals surface area contributed by atoms with Gasteiger partial charge in [-0.05, 0) is 31.5 Å². The summed E-state index contributed by atoms with van der Waals surface area (Å²) in [5, 5.41) is 12.2. The standard InChI is InChI=1S/C20H21NO5/c1-14(22)15-7-6-10-17(11-15)26-12-18(23)21-13-20(2,19(24)25)16-8-4-3-5-9-16/h3-11H,12-13H2,1-2H3,(H,21,23)(H,24,25). The van der Waals surface area contributed by atoms with E-state index in [1.54, 1.807) is 61.5 Å². The number of carboxylic acids is 1. The van der Waals surface area contributed by atoms with Gasteiger partial charge in [-0.3, -0.25) is 14.4 Å². The smallest absolute Gasteiger partial charge is 0.315 e. The lowest BCUT2D eigenvalue weighted by atomic mass is 9.82. The van der Waals surface area contributed by atoms with Gasteiger partial charge in [-0.15, -0.1) is 0 Å². The molecular weight excluding hydrogens is 334 g/mol. The molecule has 0 saturated heterocycles. The van der Waals surface area contributed by atoms with Crippen molar-refractivity contribution in [3.8, 4) is 5.75 Å². The first kappa shape index (κ1) is 19.2. The molecule has 0 fully saturated rings. The minimum absolute atomic E-state index is 0.0674. The summed E-state index contributed by atoms with van der Waals surface area (Å²) < 4.78 is 5.38. The average molecular weight is 355 g/mol. The summed E-state index contributed by atoms with van der Waals surface area (Å²) in [6.07, 6.45) is 0. The maximum atomic E-state index is 12.0. The van der Waals surface area contributed by atoms with Crippen LogP contribution < -0.4 is 10.1 Å². The maximum Gasteiger partial charge on any atom is 0.315 e. The monoisotopic (exact) mass is 355 g/mol. The third-order valence-electron chi connectivity index (χ3n) is 4.13. The zero-order chi connectivity index (χ0) is 19.2. The highest BCUT2D eigenvalue weighted by Crippen LogP contribution is 2.23. The first-order valence-electron chi connectivity index (χ1n) is 8.12. The van der Waals surface area contributed by atoms with Gasteiger partial charge in [0.15, 0.2) is 12.4 Å². The van der Waals surface area contributed by atoms with E-state index in [1.165, 1.54) is 6.92 Å². The lowest BCUT2D eigenvalue weighted by Gasteiger charge is -2.25. The van der Waals surface area contributed by atoms with Gasteiger partial charge in [-0.2, -0.15) is 0 Å². The average Bonchev–Trinajstić information content (AvgIpc) is 2.65. The van der Waals surface area contributed by atoms with Crippen LogP contribution in [0.3, 0.4) is 0 Å². The molecule has 0 aliphatic heterocycles. The molecule has 1 atom stereocenters. The highest BCUT2D eigenvalue weighted by molar-refractivity contribution is 5.94. The second-order valence-corrected chi connectivity index (χ2v) is 6.15. The van der Waals surface area contributed by atoms with Crippen molar-refractivity contribution in [3.63, 3.8) is 0 Å². The first-order chi connectivity index (χ1) is 12.3.